The van der Waals surface area contributed by atoms with E-state index in [0.29, 0.717) is 6.42 Å². The SMILES string of the molecule is C=CC(=O)OCCN1C(=O)C2C=CCCC2C1=O. The minimum atomic E-state index is -0.550. The van der Waals surface area contributed by atoms with Crippen molar-refractivity contribution < 1.29 is 19.1 Å². The molecule has 0 spiro atoms. The number of nitrogens with zero attached hydrogens (tertiary/aromatic N) is 1. The lowest BCUT2D eigenvalue weighted by molar-refractivity contribution is -0.145. The van der Waals surface area contributed by atoms with Crippen molar-refractivity contribution in [1.82, 2.24) is 4.90 Å². The van der Waals surface area contributed by atoms with Gasteiger partial charge in [0.25, 0.3) is 0 Å². The van der Waals surface area contributed by atoms with Crippen LogP contribution in [-0.4, -0.2) is 35.8 Å². The Morgan fingerprint density at radius 3 is 2.94 bits per heavy atom. The third-order valence-electron chi connectivity index (χ3n) is 3.28. The van der Waals surface area contributed by atoms with Crippen LogP contribution in [0.1, 0.15) is 12.8 Å². The van der Waals surface area contributed by atoms with E-state index in [1.807, 2.05) is 12.2 Å². The molecule has 2 rings (SSSR count). The van der Waals surface area contributed by atoms with Crippen molar-refractivity contribution in [2.24, 2.45) is 11.8 Å². The summed E-state index contributed by atoms with van der Waals surface area (Å²) >= 11 is 0. The summed E-state index contributed by atoms with van der Waals surface area (Å²) in [6, 6.07) is 0. The smallest absolute Gasteiger partial charge is 0.330 e. The molecule has 1 heterocycles. The molecule has 0 radical (unpaired) electrons. The van der Waals surface area contributed by atoms with E-state index < -0.39 is 5.97 Å². The number of hydrogen-bond acceptors (Lipinski definition) is 4. The summed E-state index contributed by atoms with van der Waals surface area (Å²) in [5.41, 5.74) is 0. The van der Waals surface area contributed by atoms with Crippen LogP contribution in [0.5, 0.6) is 0 Å². The van der Waals surface area contributed by atoms with Crippen LogP contribution < -0.4 is 0 Å². The fraction of sp³-hybridized carbons (Fsp3) is 0.462. The van der Waals surface area contributed by atoms with Crippen molar-refractivity contribution in [2.75, 3.05) is 13.2 Å². The first-order valence-electron chi connectivity index (χ1n) is 5.96. The van der Waals surface area contributed by atoms with Crippen molar-refractivity contribution in [2.45, 2.75) is 12.8 Å². The van der Waals surface area contributed by atoms with Crippen LogP contribution >= 0.6 is 0 Å². The maximum Gasteiger partial charge on any atom is 0.330 e. The molecule has 1 fully saturated rings. The normalized spacial score (nSPS) is 26.1. The summed E-state index contributed by atoms with van der Waals surface area (Å²) in [5, 5.41) is 0. The molecule has 0 saturated carbocycles. The molecule has 2 amide bonds. The maximum atomic E-state index is 12.0. The average molecular weight is 249 g/mol. The van der Waals surface area contributed by atoms with Gasteiger partial charge in [0, 0.05) is 6.08 Å². The number of esters is 1. The molecular weight excluding hydrogens is 234 g/mol. The van der Waals surface area contributed by atoms with Gasteiger partial charge in [-0.3, -0.25) is 14.5 Å². The molecule has 0 aromatic rings. The third-order valence-corrected chi connectivity index (χ3v) is 3.28. The highest BCUT2D eigenvalue weighted by Crippen LogP contribution is 2.33. The first kappa shape index (κ1) is 12.5. The second-order valence-electron chi connectivity index (χ2n) is 4.34. The van der Waals surface area contributed by atoms with Crippen molar-refractivity contribution in [3.05, 3.63) is 24.8 Å². The summed E-state index contributed by atoms with van der Waals surface area (Å²) in [4.78, 5) is 36.1. The molecule has 0 aromatic heterocycles. The third kappa shape index (κ3) is 2.20. The van der Waals surface area contributed by atoms with Gasteiger partial charge in [-0.2, -0.15) is 0 Å². The lowest BCUT2D eigenvalue weighted by Crippen LogP contribution is -2.34. The van der Waals surface area contributed by atoms with E-state index in [-0.39, 0.29) is 36.8 Å². The van der Waals surface area contributed by atoms with E-state index in [4.69, 9.17) is 4.74 Å². The molecule has 0 N–H and O–H groups in total. The molecule has 1 aliphatic heterocycles. The van der Waals surface area contributed by atoms with E-state index >= 15 is 0 Å². The maximum absolute atomic E-state index is 12.0. The minimum Gasteiger partial charge on any atom is -0.461 e. The second-order valence-corrected chi connectivity index (χ2v) is 4.34. The molecule has 2 atom stereocenters. The Morgan fingerprint density at radius 1 is 1.50 bits per heavy atom. The first-order valence-corrected chi connectivity index (χ1v) is 5.96. The average Bonchev–Trinajstić information content (AvgIpc) is 2.64. The molecule has 2 unspecified atom stereocenters. The van der Waals surface area contributed by atoms with Crippen LogP contribution in [0.4, 0.5) is 0 Å². The Hall–Kier alpha value is -1.91. The van der Waals surface area contributed by atoms with E-state index in [2.05, 4.69) is 6.58 Å². The molecule has 1 aliphatic carbocycles. The monoisotopic (exact) mass is 249 g/mol. The zero-order chi connectivity index (χ0) is 13.1. The zero-order valence-corrected chi connectivity index (χ0v) is 10.0. The highest BCUT2D eigenvalue weighted by molar-refractivity contribution is 6.06. The number of hydrogen-bond donors (Lipinski definition) is 0. The summed E-state index contributed by atoms with van der Waals surface area (Å²) < 4.78 is 4.78. The number of amides is 2. The van der Waals surface area contributed by atoms with E-state index in [9.17, 15) is 14.4 Å². The predicted octanol–water partition coefficient (Wildman–Crippen LogP) is 0.667. The molecule has 18 heavy (non-hydrogen) atoms. The van der Waals surface area contributed by atoms with Crippen molar-refractivity contribution in [3.63, 3.8) is 0 Å². The first-order chi connectivity index (χ1) is 8.65. The standard InChI is InChI=1S/C13H15NO4/c1-2-11(15)18-8-7-14-12(16)9-5-3-4-6-10(9)13(14)17/h2-3,5,9-10H,1,4,6-8H2. The molecule has 0 aromatic carbocycles. The lowest BCUT2D eigenvalue weighted by atomic mass is 9.86. The van der Waals surface area contributed by atoms with Crippen molar-refractivity contribution in [1.29, 1.82) is 0 Å². The molecule has 5 heteroatoms. The number of carbonyl (C=O) groups excluding carboxylic acids is 3. The van der Waals surface area contributed by atoms with Gasteiger partial charge in [-0.25, -0.2) is 4.79 Å². The number of carbonyl (C=O) groups is 3. The Morgan fingerprint density at radius 2 is 2.28 bits per heavy atom. The predicted molar refractivity (Wildman–Crippen MR) is 63.2 cm³/mol. The molecule has 5 nitrogen and oxygen atoms in total. The zero-order valence-electron chi connectivity index (χ0n) is 10.0. The van der Waals surface area contributed by atoms with Gasteiger partial charge in [0.1, 0.15) is 6.61 Å². The number of likely N-dealkylation sites (tertiary alicyclic amines) is 1. The summed E-state index contributed by atoms with van der Waals surface area (Å²) in [5.74, 6) is -1.43. The van der Waals surface area contributed by atoms with E-state index in [1.165, 1.54) is 4.90 Å². The molecular formula is C13H15NO4. The van der Waals surface area contributed by atoms with Gasteiger partial charge in [0.05, 0.1) is 18.4 Å². The van der Waals surface area contributed by atoms with E-state index in [1.54, 1.807) is 0 Å². The Balaban J connectivity index is 1.95. The molecule has 1 saturated heterocycles. The van der Waals surface area contributed by atoms with Crippen molar-refractivity contribution >= 4 is 17.8 Å². The quantitative estimate of drug-likeness (QED) is 0.318. The summed E-state index contributed by atoms with van der Waals surface area (Å²) in [7, 11) is 0. The van der Waals surface area contributed by atoms with Crippen molar-refractivity contribution in [3.8, 4) is 0 Å². The molecule has 96 valence electrons. The lowest BCUT2D eigenvalue weighted by Gasteiger charge is -2.14. The van der Waals surface area contributed by atoms with E-state index in [0.717, 1.165) is 12.5 Å². The van der Waals surface area contributed by atoms with Gasteiger partial charge < -0.3 is 4.74 Å². The number of imide groups is 1. The number of ether oxygens (including phenoxy) is 1. The van der Waals surface area contributed by atoms with Crippen LogP contribution in [0.3, 0.4) is 0 Å². The van der Waals surface area contributed by atoms with Gasteiger partial charge in [0.2, 0.25) is 11.8 Å². The van der Waals surface area contributed by atoms with Crippen LogP contribution in [0, 0.1) is 11.8 Å². The van der Waals surface area contributed by atoms with Gasteiger partial charge in [0.15, 0.2) is 0 Å². The fourth-order valence-corrected chi connectivity index (χ4v) is 2.37. The van der Waals surface area contributed by atoms with Crippen LogP contribution in [0.25, 0.3) is 0 Å². The van der Waals surface area contributed by atoms with Crippen LogP contribution in [0.2, 0.25) is 0 Å². The largest absolute Gasteiger partial charge is 0.461 e. The highest BCUT2D eigenvalue weighted by atomic mass is 16.5. The number of rotatable bonds is 4. The van der Waals surface area contributed by atoms with Gasteiger partial charge >= 0.3 is 5.97 Å². The summed E-state index contributed by atoms with van der Waals surface area (Å²) in [6.07, 6.45) is 6.35. The Bertz CT molecular complexity index is 427. The highest BCUT2D eigenvalue weighted by Gasteiger charge is 2.46. The topological polar surface area (TPSA) is 63.7 Å². The Labute approximate surface area is 105 Å². The second kappa shape index (κ2) is 5.16. The minimum absolute atomic E-state index is 0.0193. The van der Waals surface area contributed by atoms with Gasteiger partial charge in [-0.05, 0) is 12.8 Å². The fourth-order valence-electron chi connectivity index (χ4n) is 2.37. The summed E-state index contributed by atoms with van der Waals surface area (Å²) in [6.45, 7) is 3.41. The molecule has 0 bridgehead atoms. The van der Waals surface area contributed by atoms with Crippen LogP contribution in [-0.2, 0) is 19.1 Å². The number of allylic oxidation sites excluding steroid dienone is 1. The Kier molecular flexibility index (Phi) is 3.60. The van der Waals surface area contributed by atoms with Gasteiger partial charge in [-0.15, -0.1) is 0 Å². The number of fused-ring (bicyclic) bond motifs is 1. The van der Waals surface area contributed by atoms with Gasteiger partial charge in [-0.1, -0.05) is 18.7 Å². The molecule has 2 aliphatic rings. The van der Waals surface area contributed by atoms with Crippen LogP contribution in [0.15, 0.2) is 24.8 Å².